The van der Waals surface area contributed by atoms with Crippen LogP contribution in [0.1, 0.15) is 31.2 Å². The molecule has 0 aromatic heterocycles. The second kappa shape index (κ2) is 11.1. The summed E-state index contributed by atoms with van der Waals surface area (Å²) < 4.78 is 10.7. The maximum Gasteiger partial charge on any atom is 0.270 e. The van der Waals surface area contributed by atoms with Gasteiger partial charge in [0.1, 0.15) is 11.5 Å². The molecule has 1 fully saturated rings. The molecule has 1 aromatic carbocycles. The van der Waals surface area contributed by atoms with E-state index in [2.05, 4.69) is 21.5 Å². The summed E-state index contributed by atoms with van der Waals surface area (Å²) in [5, 5.41) is 3.97. The van der Waals surface area contributed by atoms with Gasteiger partial charge in [-0.3, -0.25) is 14.5 Å². The van der Waals surface area contributed by atoms with E-state index in [9.17, 15) is 9.59 Å². The van der Waals surface area contributed by atoms with Crippen LogP contribution in [0.2, 0.25) is 0 Å². The van der Waals surface area contributed by atoms with Crippen LogP contribution in [0.3, 0.4) is 0 Å². The smallest absolute Gasteiger partial charge is 0.270 e. The summed E-state index contributed by atoms with van der Waals surface area (Å²) in [6, 6.07) is 8.14. The van der Waals surface area contributed by atoms with Crippen molar-refractivity contribution in [3.63, 3.8) is 0 Å². The van der Waals surface area contributed by atoms with Crippen molar-refractivity contribution in [2.45, 2.75) is 32.2 Å². The van der Waals surface area contributed by atoms with E-state index in [0.717, 1.165) is 38.2 Å². The van der Waals surface area contributed by atoms with Gasteiger partial charge in [0.2, 0.25) is 5.91 Å². The molecule has 0 unspecified atom stereocenters. The van der Waals surface area contributed by atoms with Crippen LogP contribution in [-0.2, 0) is 20.9 Å². The molecule has 8 heteroatoms. The van der Waals surface area contributed by atoms with Gasteiger partial charge in [0.15, 0.2) is 0 Å². The first-order valence-corrected chi connectivity index (χ1v) is 10.6. The third-order valence-electron chi connectivity index (χ3n) is 5.78. The maximum absolute atomic E-state index is 12.9. The number of benzene rings is 1. The topological polar surface area (TPSA) is 83.5 Å². The molecule has 0 bridgehead atoms. The Morgan fingerprint density at radius 3 is 2.67 bits per heavy atom. The molecule has 8 nitrogen and oxygen atoms in total. The van der Waals surface area contributed by atoms with E-state index in [1.165, 1.54) is 5.56 Å². The molecule has 0 spiro atoms. The van der Waals surface area contributed by atoms with Crippen molar-refractivity contribution in [3.05, 3.63) is 29.8 Å². The zero-order chi connectivity index (χ0) is 21.3. The second-order valence-electron chi connectivity index (χ2n) is 7.87. The first-order valence-electron chi connectivity index (χ1n) is 10.6. The number of amides is 2. The van der Waals surface area contributed by atoms with Crippen LogP contribution < -0.4 is 10.2 Å². The Morgan fingerprint density at radius 2 is 2.00 bits per heavy atom. The molecule has 2 aliphatic rings. The largest absolute Gasteiger partial charge is 0.496 e. The van der Waals surface area contributed by atoms with Crippen LogP contribution in [0.25, 0.3) is 0 Å². The molecule has 30 heavy (non-hydrogen) atoms. The van der Waals surface area contributed by atoms with Gasteiger partial charge in [0.25, 0.3) is 5.91 Å². The summed E-state index contributed by atoms with van der Waals surface area (Å²) in [6.45, 7) is 4.57. The highest BCUT2D eigenvalue weighted by Crippen LogP contribution is 2.24. The van der Waals surface area contributed by atoms with Gasteiger partial charge in [0.05, 0.1) is 13.7 Å². The number of carbonyl (C=O) groups excluding carboxylic acids is 2. The minimum absolute atomic E-state index is 0.0940. The predicted octanol–water partition coefficient (Wildman–Crippen LogP) is 1.65. The van der Waals surface area contributed by atoms with Crippen molar-refractivity contribution in [1.29, 1.82) is 0 Å². The summed E-state index contributed by atoms with van der Waals surface area (Å²) in [6.07, 6.45) is 2.78. The molecule has 2 heterocycles. The van der Waals surface area contributed by atoms with Crippen LogP contribution in [0.5, 0.6) is 5.75 Å². The number of para-hydroxylation sites is 1. The van der Waals surface area contributed by atoms with Gasteiger partial charge >= 0.3 is 0 Å². The van der Waals surface area contributed by atoms with Gasteiger partial charge in [-0.15, -0.1) is 0 Å². The number of likely N-dealkylation sites (tertiary alicyclic amines) is 1. The lowest BCUT2D eigenvalue weighted by molar-refractivity contribution is -0.126. The molecular formula is C22H32N4O4. The van der Waals surface area contributed by atoms with E-state index >= 15 is 0 Å². The quantitative estimate of drug-likeness (QED) is 0.662. The van der Waals surface area contributed by atoms with Crippen LogP contribution in [0.4, 0.5) is 0 Å². The standard InChI is InChI=1S/C22H32N4O4/c1-29-14-13-26(22(28)19-7-8-21(27)24-23-19)15-17-9-11-25(12-10-17)16-18-5-3-4-6-20(18)30-2/h3-6,17H,7-16H2,1-2H3,(H,24,27). The van der Waals surface area contributed by atoms with Crippen molar-refractivity contribution in [3.8, 4) is 5.75 Å². The zero-order valence-corrected chi connectivity index (χ0v) is 17.9. The van der Waals surface area contributed by atoms with Gasteiger partial charge in [-0.25, -0.2) is 5.43 Å². The molecule has 0 saturated carbocycles. The number of nitrogens with zero attached hydrogens (tertiary/aromatic N) is 3. The van der Waals surface area contributed by atoms with Crippen LogP contribution >= 0.6 is 0 Å². The third-order valence-corrected chi connectivity index (χ3v) is 5.78. The average Bonchev–Trinajstić information content (AvgIpc) is 2.78. The number of carbonyl (C=O) groups is 2. The van der Waals surface area contributed by atoms with Crippen molar-refractivity contribution in [2.24, 2.45) is 11.0 Å². The van der Waals surface area contributed by atoms with E-state index in [-0.39, 0.29) is 11.8 Å². The third kappa shape index (κ3) is 6.03. The lowest BCUT2D eigenvalue weighted by Gasteiger charge is -2.35. The van der Waals surface area contributed by atoms with Crippen molar-refractivity contribution < 1.29 is 19.1 Å². The normalized spacial score (nSPS) is 17.9. The summed E-state index contributed by atoms with van der Waals surface area (Å²) in [7, 11) is 3.34. The molecule has 0 aliphatic carbocycles. The Kier molecular flexibility index (Phi) is 8.21. The van der Waals surface area contributed by atoms with E-state index in [4.69, 9.17) is 9.47 Å². The monoisotopic (exact) mass is 416 g/mol. The maximum atomic E-state index is 12.9. The number of nitrogens with one attached hydrogen (secondary N) is 1. The minimum Gasteiger partial charge on any atom is -0.496 e. The van der Waals surface area contributed by atoms with Gasteiger partial charge in [0, 0.05) is 45.1 Å². The fourth-order valence-corrected chi connectivity index (χ4v) is 4.00. The molecule has 0 radical (unpaired) electrons. The van der Waals surface area contributed by atoms with Crippen LogP contribution in [-0.4, -0.2) is 74.3 Å². The summed E-state index contributed by atoms with van der Waals surface area (Å²) in [5.74, 6) is 1.13. The molecular weight excluding hydrogens is 384 g/mol. The summed E-state index contributed by atoms with van der Waals surface area (Å²) >= 11 is 0. The van der Waals surface area contributed by atoms with E-state index in [1.54, 1.807) is 14.2 Å². The Bertz CT molecular complexity index is 759. The van der Waals surface area contributed by atoms with Crippen LogP contribution in [0, 0.1) is 5.92 Å². The fraction of sp³-hybridized carbons (Fsp3) is 0.591. The van der Waals surface area contributed by atoms with E-state index in [1.807, 2.05) is 23.1 Å². The van der Waals surface area contributed by atoms with Gasteiger partial charge in [-0.2, -0.15) is 5.10 Å². The van der Waals surface area contributed by atoms with Crippen molar-refractivity contribution in [1.82, 2.24) is 15.2 Å². The van der Waals surface area contributed by atoms with Crippen molar-refractivity contribution in [2.75, 3.05) is 47.0 Å². The number of ether oxygens (including phenoxy) is 2. The SMILES string of the molecule is COCCN(CC1CCN(Cc2ccccc2OC)CC1)C(=O)C1=NNC(=O)CC1. The summed E-state index contributed by atoms with van der Waals surface area (Å²) in [5.41, 5.74) is 4.05. The summed E-state index contributed by atoms with van der Waals surface area (Å²) in [4.78, 5) is 28.5. The lowest BCUT2D eigenvalue weighted by atomic mass is 9.95. The molecule has 1 aromatic rings. The predicted molar refractivity (Wildman–Crippen MR) is 114 cm³/mol. The number of hydrazone groups is 1. The fourth-order valence-electron chi connectivity index (χ4n) is 4.00. The molecule has 164 valence electrons. The minimum atomic E-state index is -0.141. The van der Waals surface area contributed by atoms with Gasteiger partial charge in [-0.05, 0) is 37.9 Å². The molecule has 1 saturated heterocycles. The Labute approximate surface area is 178 Å². The molecule has 0 atom stereocenters. The highest BCUT2D eigenvalue weighted by Gasteiger charge is 2.27. The zero-order valence-electron chi connectivity index (χ0n) is 17.9. The second-order valence-corrected chi connectivity index (χ2v) is 7.87. The van der Waals surface area contributed by atoms with Crippen LogP contribution in [0.15, 0.2) is 29.4 Å². The Morgan fingerprint density at radius 1 is 1.23 bits per heavy atom. The van der Waals surface area contributed by atoms with E-state index < -0.39 is 0 Å². The van der Waals surface area contributed by atoms with Gasteiger partial charge < -0.3 is 14.4 Å². The number of hydrogen-bond acceptors (Lipinski definition) is 6. The first-order chi connectivity index (χ1) is 14.6. The highest BCUT2D eigenvalue weighted by molar-refractivity contribution is 6.39. The first kappa shape index (κ1) is 22.2. The average molecular weight is 417 g/mol. The van der Waals surface area contributed by atoms with Crippen molar-refractivity contribution >= 4 is 17.5 Å². The number of piperidine rings is 1. The number of hydrogen-bond donors (Lipinski definition) is 1. The highest BCUT2D eigenvalue weighted by atomic mass is 16.5. The van der Waals surface area contributed by atoms with Gasteiger partial charge in [-0.1, -0.05) is 18.2 Å². The van der Waals surface area contributed by atoms with E-state index in [0.29, 0.717) is 44.2 Å². The molecule has 1 N–H and O–H groups in total. The lowest BCUT2D eigenvalue weighted by Crippen LogP contribution is -2.45. The number of rotatable bonds is 9. The Balaban J connectivity index is 1.54. The molecule has 2 aliphatic heterocycles. The molecule has 2 amide bonds. The number of methoxy groups -OCH3 is 2. The molecule has 3 rings (SSSR count). The Hall–Kier alpha value is -2.45.